The normalized spacial score (nSPS) is 33.2. The smallest absolute Gasteiger partial charge is 0.235 e. The second-order valence-corrected chi connectivity index (χ2v) is 12.6. The van der Waals surface area contributed by atoms with Gasteiger partial charge in [0.1, 0.15) is 11.6 Å². The van der Waals surface area contributed by atoms with E-state index in [1.807, 2.05) is 18.2 Å². The minimum absolute atomic E-state index is 0.0806. The topological polar surface area (TPSA) is 121 Å². The minimum Gasteiger partial charge on any atom is -0.497 e. The SMILES string of the molecule is COc1ccc2c(c1)[C@]1(C[C@H]1C1CCC3C(C1)NNC3Nc1ncc(S(C)(=O)=O)cc1Cl)C(=O)N2. The number of carbonyl (C=O) groups excluding carboxylic acids is 1. The van der Waals surface area contributed by atoms with Gasteiger partial charge in [0.05, 0.1) is 28.6 Å². The van der Waals surface area contributed by atoms with Crippen molar-refractivity contribution in [1.82, 2.24) is 15.8 Å². The first-order chi connectivity index (χ1) is 16.7. The monoisotopic (exact) mass is 517 g/mol. The van der Waals surface area contributed by atoms with E-state index in [0.717, 1.165) is 48.9 Å². The van der Waals surface area contributed by atoms with Gasteiger partial charge in [0.25, 0.3) is 0 Å². The molecule has 1 saturated heterocycles. The number of rotatable bonds is 5. The second-order valence-electron chi connectivity index (χ2n) is 10.2. The van der Waals surface area contributed by atoms with Gasteiger partial charge < -0.3 is 15.4 Å². The summed E-state index contributed by atoms with van der Waals surface area (Å²) in [6.07, 6.45) is 6.26. The van der Waals surface area contributed by atoms with E-state index >= 15 is 0 Å². The number of nitrogens with zero attached hydrogens (tertiary/aromatic N) is 1. The predicted octanol–water partition coefficient (Wildman–Crippen LogP) is 2.69. The molecule has 3 fully saturated rings. The Morgan fingerprint density at radius 2 is 2.06 bits per heavy atom. The van der Waals surface area contributed by atoms with Crippen molar-refractivity contribution in [3.8, 4) is 5.75 Å². The quantitative estimate of drug-likeness (QED) is 0.477. The molecule has 1 spiro atoms. The summed E-state index contributed by atoms with van der Waals surface area (Å²) in [4.78, 5) is 17.4. The van der Waals surface area contributed by atoms with Gasteiger partial charge in [0.15, 0.2) is 9.84 Å². The zero-order valence-electron chi connectivity index (χ0n) is 19.5. The number of halogens is 1. The Labute approximate surface area is 209 Å². The van der Waals surface area contributed by atoms with Crippen LogP contribution in [0.4, 0.5) is 11.5 Å². The lowest BCUT2D eigenvalue weighted by atomic mass is 9.74. The molecule has 0 radical (unpaired) electrons. The number of pyridine rings is 1. The maximum atomic E-state index is 13.0. The molecule has 11 heteroatoms. The maximum absolute atomic E-state index is 13.0. The molecule has 35 heavy (non-hydrogen) atoms. The van der Waals surface area contributed by atoms with Crippen LogP contribution in [0.15, 0.2) is 35.4 Å². The van der Waals surface area contributed by atoms with Crippen molar-refractivity contribution < 1.29 is 17.9 Å². The van der Waals surface area contributed by atoms with Crippen LogP contribution in [0.3, 0.4) is 0 Å². The number of carbonyl (C=O) groups is 1. The Morgan fingerprint density at radius 1 is 1.23 bits per heavy atom. The third-order valence-electron chi connectivity index (χ3n) is 8.28. The number of amides is 1. The minimum atomic E-state index is -3.37. The van der Waals surface area contributed by atoms with E-state index in [2.05, 4.69) is 26.5 Å². The highest BCUT2D eigenvalue weighted by molar-refractivity contribution is 7.90. The predicted molar refractivity (Wildman–Crippen MR) is 132 cm³/mol. The number of hydrogen-bond donors (Lipinski definition) is 4. The molecule has 6 atom stereocenters. The van der Waals surface area contributed by atoms with Crippen LogP contribution in [0.25, 0.3) is 0 Å². The Bertz CT molecular complexity index is 1320. The van der Waals surface area contributed by atoms with Crippen LogP contribution in [0.2, 0.25) is 5.02 Å². The average molecular weight is 518 g/mol. The van der Waals surface area contributed by atoms with Gasteiger partial charge in [-0.25, -0.2) is 18.8 Å². The lowest BCUT2D eigenvalue weighted by Gasteiger charge is -2.34. The summed E-state index contributed by atoms with van der Waals surface area (Å²) < 4.78 is 28.9. The first kappa shape index (κ1) is 23.0. The van der Waals surface area contributed by atoms with Gasteiger partial charge in [-0.05, 0) is 67.3 Å². The molecule has 2 aliphatic carbocycles. The first-order valence-corrected chi connectivity index (χ1v) is 14.1. The van der Waals surface area contributed by atoms with Crippen LogP contribution in [0, 0.1) is 17.8 Å². The number of hydrazine groups is 1. The standard InChI is InChI=1S/C24H28ClN5O4S/c1-34-13-4-6-19-16(8-13)24(23(31)27-19)10-17(24)12-3-5-15-20(7-12)29-30-21(15)28-22-18(25)9-14(11-26-22)35(2,32)33/h4,6,8-9,11-12,15,17,20-21,29-30H,3,5,7,10H2,1-2H3,(H,26,28)(H,27,31)/t12?,15?,17-,20?,21?,24-/m0/s1. The summed E-state index contributed by atoms with van der Waals surface area (Å²) in [6.45, 7) is 0. The molecule has 2 aromatic rings. The van der Waals surface area contributed by atoms with Crippen molar-refractivity contribution in [2.24, 2.45) is 17.8 Å². The van der Waals surface area contributed by atoms with E-state index in [1.165, 1.54) is 12.3 Å². The van der Waals surface area contributed by atoms with Gasteiger partial charge in [-0.15, -0.1) is 0 Å². The Morgan fingerprint density at radius 3 is 2.80 bits per heavy atom. The highest BCUT2D eigenvalue weighted by Gasteiger charge is 2.67. The molecule has 4 N–H and O–H groups in total. The fourth-order valence-corrected chi connectivity index (χ4v) is 7.25. The van der Waals surface area contributed by atoms with Crippen molar-refractivity contribution in [3.63, 3.8) is 0 Å². The molecule has 4 unspecified atom stereocenters. The molecule has 1 aromatic heterocycles. The van der Waals surface area contributed by atoms with Gasteiger partial charge in [-0.3, -0.25) is 10.2 Å². The van der Waals surface area contributed by atoms with E-state index in [-0.39, 0.29) is 28.0 Å². The highest BCUT2D eigenvalue weighted by Crippen LogP contribution is 2.65. The highest BCUT2D eigenvalue weighted by atomic mass is 35.5. The molecule has 9 nitrogen and oxygen atoms in total. The third kappa shape index (κ3) is 3.69. The molecular formula is C24H28ClN5O4S. The molecule has 2 aliphatic heterocycles. The lowest BCUT2D eigenvalue weighted by molar-refractivity contribution is -0.118. The number of sulfone groups is 1. The van der Waals surface area contributed by atoms with Crippen LogP contribution in [-0.4, -0.2) is 44.9 Å². The van der Waals surface area contributed by atoms with Crippen LogP contribution in [0.1, 0.15) is 31.2 Å². The van der Waals surface area contributed by atoms with Crippen molar-refractivity contribution in [1.29, 1.82) is 0 Å². The molecule has 1 aromatic carbocycles. The number of nitrogens with one attached hydrogen (secondary N) is 4. The van der Waals surface area contributed by atoms with Crippen LogP contribution in [0.5, 0.6) is 5.75 Å². The summed E-state index contributed by atoms with van der Waals surface area (Å²) in [5, 5.41) is 6.69. The lowest BCUT2D eigenvalue weighted by Crippen LogP contribution is -2.39. The first-order valence-electron chi connectivity index (χ1n) is 11.8. The number of benzene rings is 1. The number of anilines is 2. The number of methoxy groups -OCH3 is 1. The largest absolute Gasteiger partial charge is 0.497 e. The molecule has 0 bridgehead atoms. The number of aromatic nitrogens is 1. The van der Waals surface area contributed by atoms with Gasteiger partial charge in [-0.1, -0.05) is 11.6 Å². The molecule has 1 amide bonds. The molecule has 3 heterocycles. The van der Waals surface area contributed by atoms with Crippen molar-refractivity contribution in [3.05, 3.63) is 41.0 Å². The summed E-state index contributed by atoms with van der Waals surface area (Å²) in [7, 11) is -1.72. The third-order valence-corrected chi connectivity index (χ3v) is 9.65. The van der Waals surface area contributed by atoms with Gasteiger partial charge in [0, 0.05) is 30.1 Å². The summed E-state index contributed by atoms with van der Waals surface area (Å²) in [6, 6.07) is 7.52. The van der Waals surface area contributed by atoms with E-state index in [4.69, 9.17) is 16.3 Å². The zero-order chi connectivity index (χ0) is 24.5. The summed E-state index contributed by atoms with van der Waals surface area (Å²) in [5.74, 6) is 2.44. The summed E-state index contributed by atoms with van der Waals surface area (Å²) in [5.41, 5.74) is 8.30. The average Bonchev–Trinajstić information content (AvgIpc) is 3.38. The van der Waals surface area contributed by atoms with Crippen molar-refractivity contribution >= 4 is 38.9 Å². The number of fused-ring (bicyclic) bond motifs is 3. The maximum Gasteiger partial charge on any atom is 0.235 e. The second kappa shape index (κ2) is 8.06. The zero-order valence-corrected chi connectivity index (χ0v) is 21.0. The van der Waals surface area contributed by atoms with Gasteiger partial charge in [0.2, 0.25) is 5.91 Å². The molecule has 186 valence electrons. The Kier molecular flexibility index (Phi) is 5.30. The molecular weight excluding hydrogens is 490 g/mol. The molecule has 6 rings (SSSR count). The van der Waals surface area contributed by atoms with Crippen LogP contribution < -0.4 is 26.2 Å². The van der Waals surface area contributed by atoms with Crippen LogP contribution in [-0.2, 0) is 20.0 Å². The molecule has 2 saturated carbocycles. The molecule has 4 aliphatic rings. The van der Waals surface area contributed by atoms with Crippen molar-refractivity contribution in [2.45, 2.75) is 48.2 Å². The van der Waals surface area contributed by atoms with Crippen LogP contribution >= 0.6 is 11.6 Å². The Hall–Kier alpha value is -2.40. The van der Waals surface area contributed by atoms with E-state index in [9.17, 15) is 13.2 Å². The Balaban J connectivity index is 1.14. The number of hydrogen-bond acceptors (Lipinski definition) is 8. The van der Waals surface area contributed by atoms with Gasteiger partial charge in [-0.2, -0.15) is 0 Å². The van der Waals surface area contributed by atoms with E-state index < -0.39 is 15.3 Å². The number of ether oxygens (including phenoxy) is 1. The fraction of sp³-hybridized carbons (Fsp3) is 0.500. The van der Waals surface area contributed by atoms with E-state index in [1.54, 1.807) is 7.11 Å². The van der Waals surface area contributed by atoms with E-state index in [0.29, 0.717) is 23.6 Å². The van der Waals surface area contributed by atoms with Crippen molar-refractivity contribution in [2.75, 3.05) is 24.0 Å². The summed E-state index contributed by atoms with van der Waals surface area (Å²) >= 11 is 6.32. The fourth-order valence-electron chi connectivity index (χ4n) is 6.39. The van der Waals surface area contributed by atoms with Gasteiger partial charge >= 0.3 is 0 Å².